The summed E-state index contributed by atoms with van der Waals surface area (Å²) in [5.41, 5.74) is 0.764. The number of nitrogens with zero attached hydrogens (tertiary/aromatic N) is 1. The number of halogens is 1. The summed E-state index contributed by atoms with van der Waals surface area (Å²) >= 11 is 5.43. The fourth-order valence-corrected chi connectivity index (χ4v) is 1.48. The lowest BCUT2D eigenvalue weighted by Crippen LogP contribution is -2.12. The number of amides is 1. The zero-order chi connectivity index (χ0) is 10.7. The molecule has 3 nitrogen and oxygen atoms in total. The third-order valence-corrected chi connectivity index (χ3v) is 2.32. The highest BCUT2D eigenvalue weighted by molar-refractivity contribution is 6.29. The van der Waals surface area contributed by atoms with E-state index in [9.17, 15) is 4.79 Å². The molecule has 0 aliphatic carbocycles. The summed E-state index contributed by atoms with van der Waals surface area (Å²) in [5, 5.41) is 4.69. The molecule has 0 aliphatic rings. The molecule has 1 N–H and O–H groups in total. The molecule has 4 heteroatoms. The van der Waals surface area contributed by atoms with Gasteiger partial charge in [-0.05, 0) is 12.1 Å². The maximum atomic E-state index is 11.2. The summed E-state index contributed by atoms with van der Waals surface area (Å²) in [4.78, 5) is 15.2. The SMILES string of the molecule is O=C(CCl)Nc1cccc2cnccc12. The minimum atomic E-state index is -0.207. The van der Waals surface area contributed by atoms with Crippen LogP contribution in [-0.4, -0.2) is 16.8 Å². The van der Waals surface area contributed by atoms with Crippen molar-refractivity contribution in [3.63, 3.8) is 0 Å². The van der Waals surface area contributed by atoms with Crippen LogP contribution < -0.4 is 5.32 Å². The third-order valence-electron chi connectivity index (χ3n) is 2.08. The highest BCUT2D eigenvalue weighted by Crippen LogP contribution is 2.21. The van der Waals surface area contributed by atoms with Crippen LogP contribution in [0.15, 0.2) is 36.7 Å². The van der Waals surface area contributed by atoms with Crippen LogP contribution >= 0.6 is 11.6 Å². The van der Waals surface area contributed by atoms with E-state index in [2.05, 4.69) is 10.3 Å². The smallest absolute Gasteiger partial charge is 0.239 e. The first-order chi connectivity index (χ1) is 7.31. The maximum Gasteiger partial charge on any atom is 0.239 e. The van der Waals surface area contributed by atoms with Gasteiger partial charge in [0.15, 0.2) is 0 Å². The summed E-state index contributed by atoms with van der Waals surface area (Å²) < 4.78 is 0. The summed E-state index contributed by atoms with van der Waals surface area (Å²) in [6, 6.07) is 7.51. The van der Waals surface area contributed by atoms with Crippen LogP contribution in [0.5, 0.6) is 0 Å². The van der Waals surface area contributed by atoms with Crippen molar-refractivity contribution in [2.75, 3.05) is 11.2 Å². The molecule has 2 rings (SSSR count). The number of alkyl halides is 1. The van der Waals surface area contributed by atoms with Gasteiger partial charge in [-0.1, -0.05) is 12.1 Å². The quantitative estimate of drug-likeness (QED) is 0.790. The molecule has 0 radical (unpaired) electrons. The number of hydrogen-bond acceptors (Lipinski definition) is 2. The van der Waals surface area contributed by atoms with Crippen LogP contribution in [0.2, 0.25) is 0 Å². The molecule has 0 spiro atoms. The van der Waals surface area contributed by atoms with Gasteiger partial charge in [-0.3, -0.25) is 9.78 Å². The van der Waals surface area contributed by atoms with Gasteiger partial charge < -0.3 is 5.32 Å². The Kier molecular flexibility index (Phi) is 2.83. The van der Waals surface area contributed by atoms with Crippen molar-refractivity contribution in [3.8, 4) is 0 Å². The molecule has 1 heterocycles. The van der Waals surface area contributed by atoms with Gasteiger partial charge in [0.25, 0.3) is 0 Å². The van der Waals surface area contributed by atoms with Crippen LogP contribution in [-0.2, 0) is 4.79 Å². The number of carbonyl (C=O) groups is 1. The van der Waals surface area contributed by atoms with Gasteiger partial charge in [0.2, 0.25) is 5.91 Å². The number of benzene rings is 1. The van der Waals surface area contributed by atoms with Crippen molar-refractivity contribution in [3.05, 3.63) is 36.7 Å². The lowest BCUT2D eigenvalue weighted by Gasteiger charge is -2.06. The molecule has 76 valence electrons. The fraction of sp³-hybridized carbons (Fsp3) is 0.0909. The second-order valence-electron chi connectivity index (χ2n) is 3.08. The number of aromatic nitrogens is 1. The number of hydrogen-bond donors (Lipinski definition) is 1. The number of fused-ring (bicyclic) bond motifs is 1. The Bertz CT molecular complexity index is 493. The molecule has 1 amide bonds. The molecule has 0 atom stereocenters. The molecule has 0 saturated carbocycles. The zero-order valence-corrected chi connectivity index (χ0v) is 8.66. The molecular weight excluding hydrogens is 212 g/mol. The van der Waals surface area contributed by atoms with Crippen LogP contribution in [0.3, 0.4) is 0 Å². The minimum Gasteiger partial charge on any atom is -0.324 e. The first-order valence-electron chi connectivity index (χ1n) is 4.50. The molecule has 0 bridgehead atoms. The molecule has 0 saturated heterocycles. The topological polar surface area (TPSA) is 42.0 Å². The van der Waals surface area contributed by atoms with Crippen LogP contribution in [0, 0.1) is 0 Å². The number of pyridine rings is 1. The van der Waals surface area contributed by atoms with Gasteiger partial charge in [0, 0.05) is 28.9 Å². The lowest BCUT2D eigenvalue weighted by atomic mass is 10.1. The largest absolute Gasteiger partial charge is 0.324 e. The summed E-state index contributed by atoms with van der Waals surface area (Å²) in [5.74, 6) is -0.248. The number of rotatable bonds is 2. The molecule has 2 aromatic rings. The Labute approximate surface area is 92.1 Å². The van der Waals surface area contributed by atoms with Gasteiger partial charge in [-0.2, -0.15) is 0 Å². The van der Waals surface area contributed by atoms with Gasteiger partial charge in [-0.25, -0.2) is 0 Å². The Balaban J connectivity index is 2.46. The van der Waals surface area contributed by atoms with Crippen molar-refractivity contribution >= 4 is 34.0 Å². The van der Waals surface area contributed by atoms with E-state index < -0.39 is 0 Å². The van der Waals surface area contributed by atoms with Crippen molar-refractivity contribution in [2.24, 2.45) is 0 Å². The Morgan fingerprint density at radius 2 is 2.27 bits per heavy atom. The molecule has 1 aromatic carbocycles. The summed E-state index contributed by atoms with van der Waals surface area (Å²) in [7, 11) is 0. The van der Waals surface area contributed by atoms with Gasteiger partial charge >= 0.3 is 0 Å². The van der Waals surface area contributed by atoms with E-state index in [0.717, 1.165) is 16.5 Å². The maximum absolute atomic E-state index is 11.2. The first kappa shape index (κ1) is 9.93. The van der Waals surface area contributed by atoms with Gasteiger partial charge in [0.05, 0.1) is 0 Å². The minimum absolute atomic E-state index is 0.0402. The average Bonchev–Trinajstić information content (AvgIpc) is 2.29. The Morgan fingerprint density at radius 1 is 1.40 bits per heavy atom. The van der Waals surface area contributed by atoms with E-state index in [1.807, 2.05) is 24.3 Å². The van der Waals surface area contributed by atoms with Crippen molar-refractivity contribution in [1.29, 1.82) is 0 Å². The fourth-order valence-electron chi connectivity index (χ4n) is 1.42. The molecular formula is C11H9ClN2O. The van der Waals surface area contributed by atoms with E-state index in [-0.39, 0.29) is 11.8 Å². The number of carbonyl (C=O) groups excluding carboxylic acids is 1. The molecule has 0 fully saturated rings. The van der Waals surface area contributed by atoms with E-state index in [0.29, 0.717) is 0 Å². The lowest BCUT2D eigenvalue weighted by molar-refractivity contribution is -0.113. The highest BCUT2D eigenvalue weighted by Gasteiger charge is 2.03. The predicted octanol–water partition coefficient (Wildman–Crippen LogP) is 2.41. The normalized spacial score (nSPS) is 10.2. The van der Waals surface area contributed by atoms with Crippen LogP contribution in [0.1, 0.15) is 0 Å². The molecule has 1 aromatic heterocycles. The standard InChI is InChI=1S/C11H9ClN2O/c12-6-11(15)14-10-3-1-2-8-7-13-5-4-9(8)10/h1-5,7H,6H2,(H,14,15). The Morgan fingerprint density at radius 3 is 3.07 bits per heavy atom. The number of nitrogens with one attached hydrogen (secondary N) is 1. The average molecular weight is 221 g/mol. The van der Waals surface area contributed by atoms with Crippen LogP contribution in [0.25, 0.3) is 10.8 Å². The third kappa shape index (κ3) is 2.07. The second kappa shape index (κ2) is 4.28. The van der Waals surface area contributed by atoms with E-state index >= 15 is 0 Å². The highest BCUT2D eigenvalue weighted by atomic mass is 35.5. The van der Waals surface area contributed by atoms with E-state index in [4.69, 9.17) is 11.6 Å². The summed E-state index contributed by atoms with van der Waals surface area (Å²) in [6.07, 6.45) is 3.45. The molecule has 15 heavy (non-hydrogen) atoms. The van der Waals surface area contributed by atoms with Crippen molar-refractivity contribution < 1.29 is 4.79 Å². The monoisotopic (exact) mass is 220 g/mol. The second-order valence-corrected chi connectivity index (χ2v) is 3.35. The van der Waals surface area contributed by atoms with Crippen molar-refractivity contribution in [2.45, 2.75) is 0 Å². The predicted molar refractivity (Wildman–Crippen MR) is 61.1 cm³/mol. The molecule has 0 aliphatic heterocycles. The first-order valence-corrected chi connectivity index (χ1v) is 5.03. The summed E-state index contributed by atoms with van der Waals surface area (Å²) in [6.45, 7) is 0. The van der Waals surface area contributed by atoms with Crippen molar-refractivity contribution in [1.82, 2.24) is 4.98 Å². The van der Waals surface area contributed by atoms with Crippen LogP contribution in [0.4, 0.5) is 5.69 Å². The van der Waals surface area contributed by atoms with E-state index in [1.165, 1.54) is 0 Å². The zero-order valence-electron chi connectivity index (χ0n) is 7.90. The Hall–Kier alpha value is -1.61. The molecule has 0 unspecified atom stereocenters. The van der Waals surface area contributed by atoms with Gasteiger partial charge in [0.1, 0.15) is 5.88 Å². The number of anilines is 1. The van der Waals surface area contributed by atoms with E-state index in [1.54, 1.807) is 12.4 Å². The van der Waals surface area contributed by atoms with Gasteiger partial charge in [-0.15, -0.1) is 11.6 Å².